The van der Waals surface area contributed by atoms with Gasteiger partial charge in [-0.05, 0) is 37.0 Å². The second-order valence-corrected chi connectivity index (χ2v) is 5.02. The lowest BCUT2D eigenvalue weighted by molar-refractivity contribution is -0.148. The summed E-state index contributed by atoms with van der Waals surface area (Å²) in [5.41, 5.74) is 0. The van der Waals surface area contributed by atoms with Crippen molar-refractivity contribution in [3.63, 3.8) is 0 Å². The van der Waals surface area contributed by atoms with E-state index in [0.29, 0.717) is 11.7 Å². The third-order valence-electron chi connectivity index (χ3n) is 3.40. The largest absolute Gasteiger partial charge is 0.465 e. The fraction of sp³-hybridized carbons (Fsp3) is 0.467. The maximum atomic E-state index is 11.8. The number of rotatable bonds is 4. The minimum Gasteiger partial charge on any atom is -0.465 e. The number of hydrogen-bond acceptors (Lipinski definition) is 4. The Labute approximate surface area is 118 Å². The fourth-order valence-electron chi connectivity index (χ4n) is 2.07. The Morgan fingerprint density at radius 3 is 2.85 bits per heavy atom. The summed E-state index contributed by atoms with van der Waals surface area (Å²) in [5, 5.41) is 0. The Kier molecular flexibility index (Phi) is 4.98. The molecule has 0 bridgehead atoms. The summed E-state index contributed by atoms with van der Waals surface area (Å²) in [6.07, 6.45) is 6.31. The predicted octanol–water partition coefficient (Wildman–Crippen LogP) is 2.09. The van der Waals surface area contributed by atoms with E-state index in [1.165, 1.54) is 18.4 Å². The van der Waals surface area contributed by atoms with Crippen molar-refractivity contribution in [1.29, 1.82) is 0 Å². The molecule has 5 heteroatoms. The Balaban J connectivity index is 1.71. The van der Waals surface area contributed by atoms with Crippen molar-refractivity contribution in [2.45, 2.75) is 19.8 Å². The molecule has 0 atom stereocenters. The Morgan fingerprint density at radius 1 is 1.45 bits per heavy atom. The van der Waals surface area contributed by atoms with E-state index >= 15 is 0 Å². The van der Waals surface area contributed by atoms with E-state index < -0.39 is 5.97 Å². The standard InChI is InChI=1S/C15H19NO4/c1-12-6-8-16(9-7-12)14(17)11-20-15(18)5-4-13-3-2-10-19-13/h2-5,10,12H,6-9,11H2,1H3. The normalized spacial score (nSPS) is 16.6. The molecule has 1 fully saturated rings. The highest BCUT2D eigenvalue weighted by Gasteiger charge is 2.20. The predicted molar refractivity (Wildman–Crippen MR) is 73.7 cm³/mol. The van der Waals surface area contributed by atoms with Gasteiger partial charge in [0, 0.05) is 19.2 Å². The topological polar surface area (TPSA) is 59.8 Å². The molecular formula is C15H19NO4. The SMILES string of the molecule is CC1CCN(C(=O)COC(=O)C=Cc2ccco2)CC1. The molecule has 0 aromatic carbocycles. The molecule has 0 radical (unpaired) electrons. The van der Waals surface area contributed by atoms with Crippen LogP contribution in [0.2, 0.25) is 0 Å². The lowest BCUT2D eigenvalue weighted by Crippen LogP contribution is -2.40. The minimum absolute atomic E-state index is 0.128. The van der Waals surface area contributed by atoms with Gasteiger partial charge in [-0.25, -0.2) is 4.79 Å². The molecule has 2 heterocycles. The highest BCUT2D eigenvalue weighted by Crippen LogP contribution is 2.15. The molecule has 1 amide bonds. The van der Waals surface area contributed by atoms with Gasteiger partial charge in [0.25, 0.3) is 5.91 Å². The minimum atomic E-state index is -0.542. The average Bonchev–Trinajstić information content (AvgIpc) is 2.96. The number of nitrogens with zero attached hydrogens (tertiary/aromatic N) is 1. The van der Waals surface area contributed by atoms with E-state index in [0.717, 1.165) is 25.9 Å². The van der Waals surface area contributed by atoms with Gasteiger partial charge in [-0.1, -0.05) is 6.92 Å². The number of carbonyl (C=O) groups excluding carboxylic acids is 2. The van der Waals surface area contributed by atoms with Crippen LogP contribution in [0.15, 0.2) is 28.9 Å². The first kappa shape index (κ1) is 14.4. The molecule has 1 saturated heterocycles. The van der Waals surface area contributed by atoms with Crippen LogP contribution in [-0.4, -0.2) is 36.5 Å². The lowest BCUT2D eigenvalue weighted by Gasteiger charge is -2.30. The first-order valence-corrected chi connectivity index (χ1v) is 6.81. The molecule has 1 aromatic heterocycles. The van der Waals surface area contributed by atoms with Crippen molar-refractivity contribution in [3.05, 3.63) is 30.2 Å². The highest BCUT2D eigenvalue weighted by atomic mass is 16.5. The van der Waals surface area contributed by atoms with Crippen molar-refractivity contribution in [2.75, 3.05) is 19.7 Å². The second kappa shape index (κ2) is 6.93. The van der Waals surface area contributed by atoms with Crippen molar-refractivity contribution in [2.24, 2.45) is 5.92 Å². The van der Waals surface area contributed by atoms with E-state index in [1.807, 2.05) is 0 Å². The second-order valence-electron chi connectivity index (χ2n) is 5.02. The Hall–Kier alpha value is -2.04. The molecule has 0 unspecified atom stereocenters. The number of furan rings is 1. The molecule has 0 saturated carbocycles. The summed E-state index contributed by atoms with van der Waals surface area (Å²) in [7, 11) is 0. The van der Waals surface area contributed by atoms with Crippen LogP contribution in [0.25, 0.3) is 6.08 Å². The number of carbonyl (C=O) groups is 2. The first-order chi connectivity index (χ1) is 9.65. The zero-order chi connectivity index (χ0) is 14.4. The zero-order valence-corrected chi connectivity index (χ0v) is 11.6. The quantitative estimate of drug-likeness (QED) is 0.624. The lowest BCUT2D eigenvalue weighted by atomic mass is 9.99. The summed E-state index contributed by atoms with van der Waals surface area (Å²) in [6, 6.07) is 3.45. The summed E-state index contributed by atoms with van der Waals surface area (Å²) >= 11 is 0. The van der Waals surface area contributed by atoms with Gasteiger partial charge in [0.15, 0.2) is 6.61 Å². The van der Waals surface area contributed by atoms with Crippen LogP contribution >= 0.6 is 0 Å². The summed E-state index contributed by atoms with van der Waals surface area (Å²) in [6.45, 7) is 3.48. The number of hydrogen-bond donors (Lipinski definition) is 0. The molecule has 20 heavy (non-hydrogen) atoms. The summed E-state index contributed by atoms with van der Waals surface area (Å²) < 4.78 is 9.97. The van der Waals surface area contributed by atoms with Crippen molar-refractivity contribution in [3.8, 4) is 0 Å². The van der Waals surface area contributed by atoms with E-state index in [4.69, 9.17) is 9.15 Å². The van der Waals surface area contributed by atoms with Crippen LogP contribution in [0.1, 0.15) is 25.5 Å². The van der Waals surface area contributed by atoms with Crippen molar-refractivity contribution < 1.29 is 18.7 Å². The Bertz CT molecular complexity index is 470. The highest BCUT2D eigenvalue weighted by molar-refractivity contribution is 5.88. The average molecular weight is 277 g/mol. The van der Waals surface area contributed by atoms with Crippen LogP contribution in [0.3, 0.4) is 0 Å². The Morgan fingerprint density at radius 2 is 2.20 bits per heavy atom. The van der Waals surface area contributed by atoms with Gasteiger partial charge in [0.2, 0.25) is 0 Å². The van der Waals surface area contributed by atoms with E-state index in [-0.39, 0.29) is 12.5 Å². The first-order valence-electron chi connectivity index (χ1n) is 6.81. The molecule has 5 nitrogen and oxygen atoms in total. The third-order valence-corrected chi connectivity index (χ3v) is 3.40. The van der Waals surface area contributed by atoms with Gasteiger partial charge in [-0.15, -0.1) is 0 Å². The van der Waals surface area contributed by atoms with E-state index in [9.17, 15) is 9.59 Å². The van der Waals surface area contributed by atoms with E-state index in [2.05, 4.69) is 6.92 Å². The number of ether oxygens (including phenoxy) is 1. The molecule has 1 aliphatic rings. The van der Waals surface area contributed by atoms with Crippen LogP contribution in [0.4, 0.5) is 0 Å². The fourth-order valence-corrected chi connectivity index (χ4v) is 2.07. The van der Waals surface area contributed by atoms with Crippen LogP contribution < -0.4 is 0 Å². The number of amides is 1. The maximum Gasteiger partial charge on any atom is 0.331 e. The van der Waals surface area contributed by atoms with Gasteiger partial charge >= 0.3 is 5.97 Å². The smallest absolute Gasteiger partial charge is 0.331 e. The molecule has 1 aromatic rings. The molecule has 0 aliphatic carbocycles. The maximum absolute atomic E-state index is 11.8. The van der Waals surface area contributed by atoms with Gasteiger partial charge in [-0.2, -0.15) is 0 Å². The monoisotopic (exact) mass is 277 g/mol. The van der Waals surface area contributed by atoms with Gasteiger partial charge in [-0.3, -0.25) is 4.79 Å². The van der Waals surface area contributed by atoms with Crippen LogP contribution in [0, 0.1) is 5.92 Å². The summed E-state index contributed by atoms with van der Waals surface area (Å²) in [4.78, 5) is 25.1. The summed E-state index contributed by atoms with van der Waals surface area (Å²) in [5.74, 6) is 0.563. The van der Waals surface area contributed by atoms with Crippen molar-refractivity contribution >= 4 is 18.0 Å². The number of piperidine rings is 1. The van der Waals surface area contributed by atoms with Crippen LogP contribution in [-0.2, 0) is 14.3 Å². The van der Waals surface area contributed by atoms with Gasteiger partial charge < -0.3 is 14.1 Å². The molecule has 0 N–H and O–H groups in total. The van der Waals surface area contributed by atoms with E-state index in [1.54, 1.807) is 17.0 Å². The van der Waals surface area contributed by atoms with Gasteiger partial charge in [0.05, 0.1) is 6.26 Å². The third kappa shape index (κ3) is 4.26. The molecular weight excluding hydrogens is 258 g/mol. The molecule has 108 valence electrons. The number of esters is 1. The number of likely N-dealkylation sites (tertiary alicyclic amines) is 1. The van der Waals surface area contributed by atoms with Gasteiger partial charge in [0.1, 0.15) is 5.76 Å². The molecule has 2 rings (SSSR count). The molecule has 0 spiro atoms. The molecule has 1 aliphatic heterocycles. The van der Waals surface area contributed by atoms with Crippen LogP contribution in [0.5, 0.6) is 0 Å². The zero-order valence-electron chi connectivity index (χ0n) is 11.6. The van der Waals surface area contributed by atoms with Crippen molar-refractivity contribution in [1.82, 2.24) is 4.90 Å².